The molecule has 2 aromatic carbocycles. The lowest BCUT2D eigenvalue weighted by molar-refractivity contribution is 0.103. The summed E-state index contributed by atoms with van der Waals surface area (Å²) in [5.74, 6) is -5.72. The van der Waals surface area contributed by atoms with Crippen molar-refractivity contribution in [3.63, 3.8) is 0 Å². The Bertz CT molecular complexity index is 3300. The van der Waals surface area contributed by atoms with Gasteiger partial charge in [0.25, 0.3) is 5.70 Å². The number of Topliss-reactive ketones (excluding diaryl/α,β-unsaturated/α-hetero) is 2. The molecule has 0 N–H and O–H groups in total. The Balaban J connectivity index is 0.959. The Labute approximate surface area is 396 Å². The van der Waals surface area contributed by atoms with E-state index in [4.69, 9.17) is 6.57 Å². The van der Waals surface area contributed by atoms with E-state index >= 15 is 0 Å². The normalized spacial score (nSPS) is 23.8. The van der Waals surface area contributed by atoms with E-state index < -0.39 is 34.8 Å². The van der Waals surface area contributed by atoms with Crippen molar-refractivity contribution in [1.82, 2.24) is 0 Å². The highest BCUT2D eigenvalue weighted by molar-refractivity contribution is 7.14. The van der Waals surface area contributed by atoms with E-state index in [1.165, 1.54) is 33.4 Å². The minimum atomic E-state index is -1.18. The first-order chi connectivity index (χ1) is 32.9. The second-order valence-electron chi connectivity index (χ2n) is 18.9. The molecule has 330 valence electrons. The van der Waals surface area contributed by atoms with Crippen molar-refractivity contribution in [2.45, 2.75) is 75.0 Å². The van der Waals surface area contributed by atoms with Gasteiger partial charge < -0.3 is 0 Å². The quantitative estimate of drug-likeness (QED) is 0.0860. The van der Waals surface area contributed by atoms with E-state index in [-0.39, 0.29) is 78.5 Å². The molecule has 68 heavy (non-hydrogen) atoms. The number of nitriles is 3. The van der Waals surface area contributed by atoms with Crippen LogP contribution in [-0.2, 0) is 10.8 Å². The SMILES string of the molecule is [C-]#[N+]C(C#N)=C1/C(=C/c2cc3c(s2)C2=CC4C=C5C(=CC4C=C2C32CCCCC2)c2sc(/C=C3\C(=O)c4cc(F)c(F)cc4C3=C(C#N)C#N)cc2C52CCCCC2)C(=O)c2cc(F)c(F)cc21. The smallest absolute Gasteiger partial charge is 0.270 e. The number of rotatable bonds is 2. The van der Waals surface area contributed by atoms with Crippen LogP contribution >= 0.6 is 22.7 Å². The van der Waals surface area contributed by atoms with E-state index in [1.807, 2.05) is 18.2 Å². The van der Waals surface area contributed by atoms with Gasteiger partial charge in [-0.1, -0.05) is 62.8 Å². The number of halogens is 4. The van der Waals surface area contributed by atoms with Gasteiger partial charge in [0.05, 0.1) is 12.6 Å². The van der Waals surface area contributed by atoms with Gasteiger partial charge in [0.2, 0.25) is 0 Å². The molecule has 2 spiro atoms. The molecular weight excluding hydrogens is 901 g/mol. The average Bonchev–Trinajstić information content (AvgIpc) is 4.17. The molecule has 6 nitrogen and oxygen atoms in total. The molecule has 2 unspecified atom stereocenters. The number of nitrogens with zero attached hydrogens (tertiary/aromatic N) is 4. The van der Waals surface area contributed by atoms with Gasteiger partial charge in [0, 0.05) is 75.6 Å². The van der Waals surface area contributed by atoms with Crippen LogP contribution in [0.2, 0.25) is 0 Å². The molecule has 2 aromatic heterocycles. The third-order valence-electron chi connectivity index (χ3n) is 15.6. The molecule has 2 atom stereocenters. The van der Waals surface area contributed by atoms with Crippen LogP contribution in [0, 0.1) is 75.7 Å². The van der Waals surface area contributed by atoms with Gasteiger partial charge in [-0.25, -0.2) is 27.7 Å². The third-order valence-corrected chi connectivity index (χ3v) is 17.8. The minimum Gasteiger partial charge on any atom is -0.289 e. The first-order valence-electron chi connectivity index (χ1n) is 22.7. The zero-order valence-electron chi connectivity index (χ0n) is 36.1. The van der Waals surface area contributed by atoms with E-state index in [1.54, 1.807) is 34.8 Å². The molecule has 8 aliphatic carbocycles. The van der Waals surface area contributed by atoms with Crippen molar-refractivity contribution in [2.75, 3.05) is 0 Å². The Hall–Kier alpha value is -7.22. The minimum absolute atomic E-state index is 0.0119. The highest BCUT2D eigenvalue weighted by atomic mass is 32.1. The first kappa shape index (κ1) is 42.2. The fourth-order valence-electron chi connectivity index (χ4n) is 12.7. The number of ketones is 2. The molecule has 0 bridgehead atoms. The van der Waals surface area contributed by atoms with Gasteiger partial charge in [0.15, 0.2) is 34.8 Å². The number of carbonyl (C=O) groups excluding carboxylic acids is 2. The molecule has 4 aromatic rings. The number of fused-ring (bicyclic) bond motifs is 13. The van der Waals surface area contributed by atoms with Crippen molar-refractivity contribution < 1.29 is 27.2 Å². The van der Waals surface area contributed by atoms with E-state index in [0.717, 1.165) is 108 Å². The first-order valence-corrected chi connectivity index (χ1v) is 24.3. The summed E-state index contributed by atoms with van der Waals surface area (Å²) in [6.45, 7) is 7.70. The number of carbonyl (C=O) groups is 2. The van der Waals surface area contributed by atoms with E-state index in [0.29, 0.717) is 0 Å². The predicted octanol–water partition coefficient (Wildman–Crippen LogP) is 13.9. The summed E-state index contributed by atoms with van der Waals surface area (Å²) in [5.41, 5.74) is 6.21. The Morgan fingerprint density at radius 3 is 1.41 bits per heavy atom. The van der Waals surface area contributed by atoms with Crippen molar-refractivity contribution in [3.05, 3.63) is 182 Å². The molecule has 0 aliphatic heterocycles. The second kappa shape index (κ2) is 15.1. The maximum Gasteiger partial charge on any atom is 0.270 e. The fourth-order valence-corrected chi connectivity index (χ4v) is 15.2. The van der Waals surface area contributed by atoms with Crippen LogP contribution in [0.25, 0.3) is 39.3 Å². The summed E-state index contributed by atoms with van der Waals surface area (Å²) in [5, 5.41) is 29.8. The van der Waals surface area contributed by atoms with E-state index in [2.05, 4.69) is 41.3 Å². The number of hydrogen-bond acceptors (Lipinski definition) is 7. The van der Waals surface area contributed by atoms with Gasteiger partial charge in [-0.3, -0.25) is 9.59 Å². The standard InChI is InChI=1S/C56H34F4N4O2S2/c1-64-48(26-63)50-33-21-45(58)47(60)23-35(33)52(66)39(50)17-31-19-43-54(68-31)37-13-28-14-40-36(12-27(28)15-41(37)56(43)10-6-3-7-11-56)53-42(55(40)8-4-2-5-9-55)18-30(67-53)16-38-49(29(24-61)25-62)32-20-44(57)46(59)22-34(32)51(38)65/h12-23,27-28H,2-11H2/b38-16-,39-17-,50-48?. The molecular formula is C56H34F4N4O2S2. The van der Waals surface area contributed by atoms with Crippen molar-refractivity contribution in [1.29, 1.82) is 15.8 Å². The summed E-state index contributed by atoms with van der Waals surface area (Å²) in [6.07, 6.45) is 23.3. The molecule has 0 saturated heterocycles. The third kappa shape index (κ3) is 5.75. The van der Waals surface area contributed by atoms with Crippen LogP contribution in [0.15, 0.2) is 94.3 Å². The maximum absolute atomic E-state index is 14.6. The number of allylic oxidation sites excluding steroid dienone is 14. The Morgan fingerprint density at radius 2 is 1.00 bits per heavy atom. The summed E-state index contributed by atoms with van der Waals surface area (Å²) in [7, 11) is 0. The van der Waals surface area contributed by atoms with Gasteiger partial charge in [-0.05, 0) is 119 Å². The largest absolute Gasteiger partial charge is 0.289 e. The maximum atomic E-state index is 14.6. The molecule has 12 heteroatoms. The number of thiophene rings is 2. The molecule has 2 heterocycles. The highest BCUT2D eigenvalue weighted by Gasteiger charge is 2.52. The summed E-state index contributed by atoms with van der Waals surface area (Å²) in [4.78, 5) is 34.9. The topological polar surface area (TPSA) is 110 Å². The zero-order chi connectivity index (χ0) is 47.0. The Morgan fingerprint density at radius 1 is 0.588 bits per heavy atom. The van der Waals surface area contributed by atoms with Crippen LogP contribution in [0.3, 0.4) is 0 Å². The van der Waals surface area contributed by atoms with Gasteiger partial charge in [-0.15, -0.1) is 22.7 Å². The summed E-state index contributed by atoms with van der Waals surface area (Å²) < 4.78 is 58.1. The average molecular weight is 935 g/mol. The Kier molecular flexibility index (Phi) is 9.39. The van der Waals surface area contributed by atoms with Crippen LogP contribution in [-0.4, -0.2) is 11.6 Å². The van der Waals surface area contributed by atoms with Crippen LogP contribution in [0.5, 0.6) is 0 Å². The highest BCUT2D eigenvalue weighted by Crippen LogP contribution is 2.65. The second-order valence-corrected chi connectivity index (χ2v) is 21.0. The molecule has 2 saturated carbocycles. The van der Waals surface area contributed by atoms with Crippen LogP contribution in [0.1, 0.15) is 127 Å². The van der Waals surface area contributed by atoms with Crippen LogP contribution in [0.4, 0.5) is 17.6 Å². The van der Waals surface area contributed by atoms with Crippen LogP contribution < -0.4 is 0 Å². The van der Waals surface area contributed by atoms with Crippen molar-refractivity contribution in [3.8, 4) is 18.2 Å². The van der Waals surface area contributed by atoms with Gasteiger partial charge in [-0.2, -0.15) is 10.5 Å². The van der Waals surface area contributed by atoms with Crippen molar-refractivity contribution >= 4 is 68.7 Å². The predicted molar refractivity (Wildman–Crippen MR) is 252 cm³/mol. The monoisotopic (exact) mass is 934 g/mol. The van der Waals surface area contributed by atoms with Gasteiger partial charge in [0.1, 0.15) is 17.7 Å². The molecule has 0 amide bonds. The zero-order valence-corrected chi connectivity index (χ0v) is 37.7. The lowest BCUT2D eigenvalue weighted by Crippen LogP contribution is -2.31. The van der Waals surface area contributed by atoms with Crippen molar-refractivity contribution in [2.24, 2.45) is 11.8 Å². The molecule has 12 rings (SSSR count). The fraction of sp³-hybridized carbons (Fsp3) is 0.250. The lowest BCUT2D eigenvalue weighted by atomic mass is 9.63. The van der Waals surface area contributed by atoms with Gasteiger partial charge >= 0.3 is 0 Å². The molecule has 2 fully saturated rings. The summed E-state index contributed by atoms with van der Waals surface area (Å²) >= 11 is 3.11. The lowest BCUT2D eigenvalue weighted by Gasteiger charge is -2.40. The number of benzene rings is 2. The number of hydrogen-bond donors (Lipinski definition) is 0. The molecule has 8 aliphatic rings. The van der Waals surface area contributed by atoms with E-state index in [9.17, 15) is 42.9 Å². The molecule has 0 radical (unpaired) electrons. The summed E-state index contributed by atoms with van der Waals surface area (Å²) in [6, 6.07) is 13.3.